The predicted octanol–water partition coefficient (Wildman–Crippen LogP) is 3.36. The van der Waals surface area contributed by atoms with Crippen LogP contribution in [-0.4, -0.2) is 25.1 Å². The molecule has 0 spiro atoms. The highest BCUT2D eigenvalue weighted by Gasteiger charge is 2.17. The molecular weight excluding hydrogens is 230 g/mol. The zero-order valence-electron chi connectivity index (χ0n) is 11.9. The van der Waals surface area contributed by atoms with Gasteiger partial charge in [-0.15, -0.1) is 11.3 Å². The number of rotatable bonds is 6. The fraction of sp³-hybridized carbons (Fsp3) is 0.769. The van der Waals surface area contributed by atoms with Crippen molar-refractivity contribution in [1.82, 2.24) is 10.3 Å². The first-order valence-electron chi connectivity index (χ1n) is 6.38. The molecule has 98 valence electrons. The second kappa shape index (κ2) is 6.36. The molecule has 0 fully saturated rings. The highest BCUT2D eigenvalue weighted by molar-refractivity contribution is 7.15. The summed E-state index contributed by atoms with van der Waals surface area (Å²) in [6.45, 7) is 8.77. The van der Waals surface area contributed by atoms with Crippen LogP contribution in [0, 0.1) is 6.92 Å². The second-order valence-electron chi connectivity index (χ2n) is 4.71. The summed E-state index contributed by atoms with van der Waals surface area (Å²) in [4.78, 5) is 8.33. The summed E-state index contributed by atoms with van der Waals surface area (Å²) < 4.78 is 0. The van der Waals surface area contributed by atoms with Crippen LogP contribution in [0.1, 0.15) is 50.2 Å². The monoisotopic (exact) mass is 255 g/mol. The molecule has 0 saturated heterocycles. The van der Waals surface area contributed by atoms with Crippen molar-refractivity contribution in [2.45, 2.75) is 52.6 Å². The maximum atomic E-state index is 4.69. The third kappa shape index (κ3) is 3.42. The van der Waals surface area contributed by atoms with E-state index in [0.29, 0.717) is 12.1 Å². The number of nitrogens with one attached hydrogen (secondary N) is 1. The molecule has 0 bridgehead atoms. The highest BCUT2D eigenvalue weighted by Crippen LogP contribution is 2.31. The zero-order valence-corrected chi connectivity index (χ0v) is 12.7. The van der Waals surface area contributed by atoms with E-state index in [9.17, 15) is 0 Å². The van der Waals surface area contributed by atoms with Crippen molar-refractivity contribution in [1.29, 1.82) is 0 Å². The smallest absolute Gasteiger partial charge is 0.185 e. The first kappa shape index (κ1) is 14.5. The van der Waals surface area contributed by atoms with Crippen molar-refractivity contribution < 1.29 is 0 Å². The van der Waals surface area contributed by atoms with E-state index in [1.54, 1.807) is 11.3 Å². The van der Waals surface area contributed by atoms with Crippen LogP contribution in [0.25, 0.3) is 0 Å². The van der Waals surface area contributed by atoms with Crippen molar-refractivity contribution in [3.63, 3.8) is 0 Å². The lowest BCUT2D eigenvalue weighted by molar-refractivity contribution is 0.614. The molecule has 2 unspecified atom stereocenters. The van der Waals surface area contributed by atoms with Crippen molar-refractivity contribution in [2.75, 3.05) is 19.0 Å². The summed E-state index contributed by atoms with van der Waals surface area (Å²) in [5, 5.41) is 4.42. The molecule has 4 heteroatoms. The van der Waals surface area contributed by atoms with Crippen molar-refractivity contribution in [2.24, 2.45) is 0 Å². The third-order valence-corrected chi connectivity index (χ3v) is 4.75. The maximum absolute atomic E-state index is 4.69. The molecule has 0 aliphatic carbocycles. The summed E-state index contributed by atoms with van der Waals surface area (Å²) in [6.07, 6.45) is 2.43. The Morgan fingerprint density at radius 1 is 1.41 bits per heavy atom. The molecule has 0 aliphatic heterocycles. The molecule has 2 atom stereocenters. The number of nitrogens with zero attached hydrogens (tertiary/aromatic N) is 2. The lowest BCUT2D eigenvalue weighted by Crippen LogP contribution is -2.28. The summed E-state index contributed by atoms with van der Waals surface area (Å²) in [6, 6.07) is 0.944. The van der Waals surface area contributed by atoms with E-state index < -0.39 is 0 Å². The molecule has 3 nitrogen and oxygen atoms in total. The molecule has 1 aromatic rings. The van der Waals surface area contributed by atoms with Gasteiger partial charge in [0, 0.05) is 24.0 Å². The molecule has 1 heterocycles. The van der Waals surface area contributed by atoms with E-state index in [2.05, 4.69) is 49.9 Å². The summed E-state index contributed by atoms with van der Waals surface area (Å²) >= 11 is 1.81. The Morgan fingerprint density at radius 2 is 2.06 bits per heavy atom. The number of aromatic nitrogens is 1. The van der Waals surface area contributed by atoms with Gasteiger partial charge in [-0.2, -0.15) is 0 Å². The standard InChI is InChI=1S/C13H25N3S/c1-7-8-9(2)16(6)13-15-11(4)12(17-13)10(3)14-5/h9-10,14H,7-8H2,1-6H3. The third-order valence-electron chi connectivity index (χ3n) is 3.32. The van der Waals surface area contributed by atoms with Gasteiger partial charge in [-0.3, -0.25) is 0 Å². The first-order chi connectivity index (χ1) is 8.01. The fourth-order valence-electron chi connectivity index (χ4n) is 1.88. The molecule has 0 saturated carbocycles. The van der Waals surface area contributed by atoms with Gasteiger partial charge in [-0.1, -0.05) is 13.3 Å². The highest BCUT2D eigenvalue weighted by atomic mass is 32.1. The minimum Gasteiger partial charge on any atom is -0.348 e. The van der Waals surface area contributed by atoms with Gasteiger partial charge in [0.1, 0.15) is 0 Å². The Labute approximate surface area is 109 Å². The predicted molar refractivity (Wildman–Crippen MR) is 77.1 cm³/mol. The van der Waals surface area contributed by atoms with E-state index in [-0.39, 0.29) is 0 Å². The number of anilines is 1. The second-order valence-corrected chi connectivity index (χ2v) is 5.71. The van der Waals surface area contributed by atoms with Gasteiger partial charge in [0.05, 0.1) is 5.69 Å². The SMILES string of the molecule is CCCC(C)N(C)c1nc(C)c(C(C)NC)s1. The molecular formula is C13H25N3S. The Hall–Kier alpha value is -0.610. The molecule has 17 heavy (non-hydrogen) atoms. The Bertz CT molecular complexity index is 348. The van der Waals surface area contributed by atoms with Crippen molar-refractivity contribution in [3.8, 4) is 0 Å². The molecule has 1 aromatic heterocycles. The average molecular weight is 255 g/mol. The van der Waals surface area contributed by atoms with E-state index in [0.717, 1.165) is 10.8 Å². The summed E-state index contributed by atoms with van der Waals surface area (Å²) in [5.41, 5.74) is 1.15. The maximum Gasteiger partial charge on any atom is 0.185 e. The summed E-state index contributed by atoms with van der Waals surface area (Å²) in [7, 11) is 4.14. The van der Waals surface area contributed by atoms with E-state index in [4.69, 9.17) is 0 Å². The number of hydrogen-bond acceptors (Lipinski definition) is 4. The van der Waals surface area contributed by atoms with Gasteiger partial charge >= 0.3 is 0 Å². The van der Waals surface area contributed by atoms with Crippen LogP contribution < -0.4 is 10.2 Å². The van der Waals surface area contributed by atoms with E-state index >= 15 is 0 Å². The lowest BCUT2D eigenvalue weighted by atomic mass is 10.2. The van der Waals surface area contributed by atoms with Crippen molar-refractivity contribution >= 4 is 16.5 Å². The van der Waals surface area contributed by atoms with Crippen LogP contribution in [-0.2, 0) is 0 Å². The molecule has 0 amide bonds. The number of hydrogen-bond donors (Lipinski definition) is 1. The number of aryl methyl sites for hydroxylation is 1. The van der Waals surface area contributed by atoms with Gasteiger partial charge in [-0.25, -0.2) is 4.98 Å². The molecule has 0 aliphatic rings. The molecule has 0 aromatic carbocycles. The molecule has 1 rings (SSSR count). The van der Waals surface area contributed by atoms with Crippen LogP contribution in [0.4, 0.5) is 5.13 Å². The Kier molecular flexibility index (Phi) is 5.40. The van der Waals surface area contributed by atoms with Crippen LogP contribution in [0.3, 0.4) is 0 Å². The van der Waals surface area contributed by atoms with Gasteiger partial charge < -0.3 is 10.2 Å². The van der Waals surface area contributed by atoms with Crippen molar-refractivity contribution in [3.05, 3.63) is 10.6 Å². The normalized spacial score (nSPS) is 14.7. The lowest BCUT2D eigenvalue weighted by Gasteiger charge is -2.23. The minimum absolute atomic E-state index is 0.385. The first-order valence-corrected chi connectivity index (χ1v) is 7.20. The minimum atomic E-state index is 0.385. The Balaban J connectivity index is 2.85. The van der Waals surface area contributed by atoms with Gasteiger partial charge in [0.25, 0.3) is 0 Å². The topological polar surface area (TPSA) is 28.2 Å². The van der Waals surface area contributed by atoms with Crippen LogP contribution >= 0.6 is 11.3 Å². The van der Waals surface area contributed by atoms with Crippen LogP contribution in [0.15, 0.2) is 0 Å². The zero-order chi connectivity index (χ0) is 13.0. The fourth-order valence-corrected chi connectivity index (χ4v) is 3.07. The van der Waals surface area contributed by atoms with E-state index in [1.807, 2.05) is 7.05 Å². The largest absolute Gasteiger partial charge is 0.348 e. The average Bonchev–Trinajstić information content (AvgIpc) is 2.69. The summed E-state index contributed by atoms with van der Waals surface area (Å²) in [5.74, 6) is 0. The quantitative estimate of drug-likeness (QED) is 0.845. The van der Waals surface area contributed by atoms with Gasteiger partial charge in [0.2, 0.25) is 0 Å². The molecule has 0 radical (unpaired) electrons. The van der Waals surface area contributed by atoms with Crippen LogP contribution in [0.2, 0.25) is 0 Å². The Morgan fingerprint density at radius 3 is 2.59 bits per heavy atom. The van der Waals surface area contributed by atoms with Gasteiger partial charge in [-0.05, 0) is 34.2 Å². The van der Waals surface area contributed by atoms with Crippen LogP contribution in [0.5, 0.6) is 0 Å². The van der Waals surface area contributed by atoms with E-state index in [1.165, 1.54) is 17.7 Å². The molecule has 1 N–H and O–H groups in total. The number of thiazole rings is 1. The van der Waals surface area contributed by atoms with Gasteiger partial charge in [0.15, 0.2) is 5.13 Å².